The van der Waals surface area contributed by atoms with Crippen LogP contribution in [0.4, 0.5) is 4.39 Å². The van der Waals surface area contributed by atoms with Crippen molar-refractivity contribution < 1.29 is 18.7 Å². The number of esters is 1. The summed E-state index contributed by atoms with van der Waals surface area (Å²) in [6, 6.07) is 4.13. The molecule has 1 heterocycles. The van der Waals surface area contributed by atoms with E-state index in [0.29, 0.717) is 11.4 Å². The second kappa shape index (κ2) is 6.36. The Kier molecular flexibility index (Phi) is 4.71. The molecule has 0 spiro atoms. The first-order chi connectivity index (χ1) is 10.3. The molecule has 1 aromatic heterocycles. The number of aryl methyl sites for hydroxylation is 1. The highest BCUT2D eigenvalue weighted by Gasteiger charge is 2.19. The quantitative estimate of drug-likeness (QED) is 0.807. The van der Waals surface area contributed by atoms with Crippen molar-refractivity contribution in [1.82, 2.24) is 9.78 Å². The van der Waals surface area contributed by atoms with Crippen LogP contribution < -0.4 is 4.74 Å². The van der Waals surface area contributed by atoms with Gasteiger partial charge in [0, 0.05) is 12.6 Å². The van der Waals surface area contributed by atoms with Crippen LogP contribution in [0.5, 0.6) is 5.75 Å². The van der Waals surface area contributed by atoms with Crippen molar-refractivity contribution in [2.45, 2.75) is 20.0 Å². The number of hydrogen-bond acceptors (Lipinski definition) is 4. The van der Waals surface area contributed by atoms with E-state index in [4.69, 9.17) is 16.3 Å². The minimum absolute atomic E-state index is 0.0978. The molecule has 0 saturated heterocycles. The van der Waals surface area contributed by atoms with Gasteiger partial charge in [-0.15, -0.1) is 0 Å². The third-order valence-corrected chi connectivity index (χ3v) is 3.23. The van der Waals surface area contributed by atoms with E-state index in [1.165, 1.54) is 30.0 Å². The summed E-state index contributed by atoms with van der Waals surface area (Å²) in [6.45, 7) is 3.69. The molecular weight excluding hydrogens is 311 g/mol. The van der Waals surface area contributed by atoms with Gasteiger partial charge in [-0.25, -0.2) is 9.18 Å². The van der Waals surface area contributed by atoms with Crippen molar-refractivity contribution in [3.8, 4) is 17.0 Å². The van der Waals surface area contributed by atoms with Gasteiger partial charge < -0.3 is 9.47 Å². The number of rotatable bonds is 4. The molecule has 0 saturated carbocycles. The Morgan fingerprint density at radius 2 is 2.05 bits per heavy atom. The van der Waals surface area contributed by atoms with Gasteiger partial charge in [0.25, 0.3) is 0 Å². The number of nitrogens with zero attached hydrogens (tertiary/aromatic N) is 2. The molecule has 0 aliphatic carbocycles. The Bertz CT molecular complexity index is 713. The first-order valence-electron chi connectivity index (χ1n) is 6.62. The van der Waals surface area contributed by atoms with Crippen LogP contribution in [0.3, 0.4) is 0 Å². The lowest BCUT2D eigenvalue weighted by atomic mass is 10.1. The first kappa shape index (κ1) is 16.3. The molecule has 0 aliphatic heterocycles. The van der Waals surface area contributed by atoms with Crippen molar-refractivity contribution in [1.29, 1.82) is 0 Å². The van der Waals surface area contributed by atoms with Gasteiger partial charge in [0.15, 0.2) is 5.69 Å². The lowest BCUT2D eigenvalue weighted by Crippen LogP contribution is -2.06. The minimum Gasteiger partial charge on any atom is -0.489 e. The summed E-state index contributed by atoms with van der Waals surface area (Å²) in [5.41, 5.74) is 0.758. The SMILES string of the molecule is COC(=O)c1cc(-c2cc(OC(C)C)c(Cl)cc2F)n(C)n1. The van der Waals surface area contributed by atoms with Crippen molar-refractivity contribution in [3.63, 3.8) is 0 Å². The highest BCUT2D eigenvalue weighted by Crippen LogP contribution is 2.34. The third-order valence-electron chi connectivity index (χ3n) is 2.93. The zero-order valence-electron chi connectivity index (χ0n) is 12.7. The van der Waals surface area contributed by atoms with Gasteiger partial charge in [0.2, 0.25) is 0 Å². The van der Waals surface area contributed by atoms with E-state index in [0.717, 1.165) is 0 Å². The average Bonchev–Trinajstić information content (AvgIpc) is 2.82. The zero-order chi connectivity index (χ0) is 16.4. The van der Waals surface area contributed by atoms with Crippen LogP contribution in [-0.4, -0.2) is 29.0 Å². The van der Waals surface area contributed by atoms with E-state index < -0.39 is 11.8 Å². The Balaban J connectivity index is 2.52. The molecule has 118 valence electrons. The van der Waals surface area contributed by atoms with Gasteiger partial charge in [-0.3, -0.25) is 4.68 Å². The van der Waals surface area contributed by atoms with Crippen molar-refractivity contribution in [2.75, 3.05) is 7.11 Å². The minimum atomic E-state index is -0.588. The molecule has 2 aromatic rings. The molecule has 0 atom stereocenters. The van der Waals surface area contributed by atoms with Gasteiger partial charge >= 0.3 is 5.97 Å². The summed E-state index contributed by atoms with van der Waals surface area (Å²) in [7, 11) is 2.87. The second-order valence-electron chi connectivity index (χ2n) is 4.96. The lowest BCUT2D eigenvalue weighted by Gasteiger charge is -2.13. The van der Waals surface area contributed by atoms with Crippen LogP contribution in [-0.2, 0) is 11.8 Å². The Labute approximate surface area is 132 Å². The molecule has 1 aromatic carbocycles. The predicted molar refractivity (Wildman–Crippen MR) is 80.7 cm³/mol. The number of hydrogen-bond donors (Lipinski definition) is 0. The molecule has 0 radical (unpaired) electrons. The normalized spacial score (nSPS) is 10.9. The molecule has 0 bridgehead atoms. The van der Waals surface area contributed by atoms with Crippen molar-refractivity contribution in [3.05, 3.63) is 34.7 Å². The van der Waals surface area contributed by atoms with E-state index in [1.54, 1.807) is 7.05 Å². The van der Waals surface area contributed by atoms with Crippen LogP contribution in [0, 0.1) is 5.82 Å². The highest BCUT2D eigenvalue weighted by molar-refractivity contribution is 6.32. The molecule has 0 N–H and O–H groups in total. The molecule has 0 fully saturated rings. The first-order valence-corrected chi connectivity index (χ1v) is 6.99. The van der Waals surface area contributed by atoms with E-state index in [-0.39, 0.29) is 22.4 Å². The number of carbonyl (C=O) groups is 1. The second-order valence-corrected chi connectivity index (χ2v) is 5.37. The molecule has 7 heteroatoms. The van der Waals surface area contributed by atoms with Crippen LogP contribution >= 0.6 is 11.6 Å². The summed E-state index contributed by atoms with van der Waals surface area (Å²) >= 11 is 5.99. The maximum absolute atomic E-state index is 14.2. The topological polar surface area (TPSA) is 53.4 Å². The van der Waals surface area contributed by atoms with Gasteiger partial charge in [-0.2, -0.15) is 5.10 Å². The summed E-state index contributed by atoms with van der Waals surface area (Å²) in [4.78, 5) is 11.5. The smallest absolute Gasteiger partial charge is 0.358 e. The maximum atomic E-state index is 14.2. The number of methoxy groups -OCH3 is 1. The fraction of sp³-hybridized carbons (Fsp3) is 0.333. The standard InChI is InChI=1S/C15H16ClFN2O3/c1-8(2)22-14-5-9(11(17)6-10(14)16)13-7-12(15(20)21-4)18-19(13)3/h5-8H,1-4H3. The molecule has 0 unspecified atom stereocenters. The van der Waals surface area contributed by atoms with Crippen LogP contribution in [0.2, 0.25) is 5.02 Å². The van der Waals surface area contributed by atoms with Gasteiger partial charge in [0.05, 0.1) is 23.9 Å². The van der Waals surface area contributed by atoms with Crippen LogP contribution in [0.25, 0.3) is 11.3 Å². The van der Waals surface area contributed by atoms with Gasteiger partial charge in [-0.1, -0.05) is 11.6 Å². The van der Waals surface area contributed by atoms with Crippen LogP contribution in [0.1, 0.15) is 24.3 Å². The fourth-order valence-corrected chi connectivity index (χ4v) is 2.19. The summed E-state index contributed by atoms with van der Waals surface area (Å²) < 4.78 is 25.8. The highest BCUT2D eigenvalue weighted by atomic mass is 35.5. The third kappa shape index (κ3) is 3.22. The van der Waals surface area contributed by atoms with E-state index in [9.17, 15) is 9.18 Å². The monoisotopic (exact) mass is 326 g/mol. The van der Waals surface area contributed by atoms with Gasteiger partial charge in [-0.05, 0) is 32.0 Å². The molecule has 5 nitrogen and oxygen atoms in total. The average molecular weight is 327 g/mol. The number of aromatic nitrogens is 2. The summed E-state index contributed by atoms with van der Waals surface area (Å²) in [5.74, 6) is -0.746. The Morgan fingerprint density at radius 3 is 2.64 bits per heavy atom. The Hall–Kier alpha value is -2.08. The van der Waals surface area contributed by atoms with Crippen molar-refractivity contribution in [2.24, 2.45) is 7.05 Å². The number of halogens is 2. The maximum Gasteiger partial charge on any atom is 0.358 e. The predicted octanol–water partition coefficient (Wildman–Crippen LogP) is 3.45. The van der Waals surface area contributed by atoms with Crippen molar-refractivity contribution >= 4 is 17.6 Å². The molecular formula is C15H16ClFN2O3. The van der Waals surface area contributed by atoms with E-state index >= 15 is 0 Å². The molecule has 0 aliphatic rings. The number of ether oxygens (including phenoxy) is 2. The summed E-state index contributed by atoms with van der Waals surface area (Å²) in [5, 5.41) is 4.20. The number of benzene rings is 1. The fourth-order valence-electron chi connectivity index (χ4n) is 1.99. The number of carbonyl (C=O) groups excluding carboxylic acids is 1. The molecule has 0 amide bonds. The van der Waals surface area contributed by atoms with Gasteiger partial charge in [0.1, 0.15) is 11.6 Å². The molecule has 2 rings (SSSR count). The summed E-state index contributed by atoms with van der Waals surface area (Å²) in [6.07, 6.45) is -0.104. The molecule has 22 heavy (non-hydrogen) atoms. The van der Waals surface area contributed by atoms with Crippen LogP contribution in [0.15, 0.2) is 18.2 Å². The Morgan fingerprint density at radius 1 is 1.36 bits per heavy atom. The lowest BCUT2D eigenvalue weighted by molar-refractivity contribution is 0.0593. The van der Waals surface area contributed by atoms with E-state index in [2.05, 4.69) is 9.84 Å². The largest absolute Gasteiger partial charge is 0.489 e. The van der Waals surface area contributed by atoms with E-state index in [1.807, 2.05) is 13.8 Å². The zero-order valence-corrected chi connectivity index (χ0v) is 13.4.